The molecule has 4 heteroatoms. The third-order valence-corrected chi connectivity index (χ3v) is 3.44. The fourth-order valence-electron chi connectivity index (χ4n) is 2.30. The molecule has 0 heterocycles. The Labute approximate surface area is 118 Å². The molecule has 116 valence electrons. The average molecular weight is 275 g/mol. The lowest BCUT2D eigenvalue weighted by Gasteiger charge is -2.23. The van der Waals surface area contributed by atoms with Crippen LogP contribution in [0.5, 0.6) is 0 Å². The van der Waals surface area contributed by atoms with E-state index in [0.29, 0.717) is 19.6 Å². The van der Waals surface area contributed by atoms with Crippen LogP contribution in [0.3, 0.4) is 0 Å². The fourth-order valence-corrected chi connectivity index (χ4v) is 2.30. The second-order valence-electron chi connectivity index (χ2n) is 5.31. The predicted molar refractivity (Wildman–Crippen MR) is 79.2 cm³/mol. The zero-order chi connectivity index (χ0) is 14.3. The number of nitrogens with zero attached hydrogens (tertiary/aromatic N) is 1. The molecule has 0 spiro atoms. The number of unbranched alkanes of at least 4 members (excludes halogenated alkanes) is 6. The Kier molecular flexibility index (Phi) is 14.1. The molecule has 1 atom stereocenters. The molecule has 0 rings (SSSR count). The van der Waals surface area contributed by atoms with Crippen molar-refractivity contribution in [2.75, 3.05) is 32.8 Å². The van der Waals surface area contributed by atoms with Crippen LogP contribution < -0.4 is 0 Å². The highest BCUT2D eigenvalue weighted by molar-refractivity contribution is 4.64. The third kappa shape index (κ3) is 12.6. The van der Waals surface area contributed by atoms with E-state index in [0.717, 1.165) is 12.8 Å². The summed E-state index contributed by atoms with van der Waals surface area (Å²) in [4.78, 5) is 1.91. The molecule has 0 amide bonds. The summed E-state index contributed by atoms with van der Waals surface area (Å²) < 4.78 is 0. The van der Waals surface area contributed by atoms with E-state index in [4.69, 9.17) is 10.2 Å². The van der Waals surface area contributed by atoms with Gasteiger partial charge >= 0.3 is 0 Å². The average Bonchev–Trinajstić information content (AvgIpc) is 2.38. The van der Waals surface area contributed by atoms with E-state index in [2.05, 4.69) is 6.92 Å². The zero-order valence-corrected chi connectivity index (χ0v) is 12.6. The van der Waals surface area contributed by atoms with Gasteiger partial charge in [0.25, 0.3) is 0 Å². The Morgan fingerprint density at radius 2 is 1.37 bits per heavy atom. The molecule has 0 aliphatic rings. The van der Waals surface area contributed by atoms with Gasteiger partial charge in [0.15, 0.2) is 0 Å². The van der Waals surface area contributed by atoms with Crippen LogP contribution in [-0.4, -0.2) is 59.2 Å². The standard InChI is InChI=1S/C15H33NO3/c1-2-3-4-5-6-7-8-9-15(19)14-16(10-12-17)11-13-18/h15,17-19H,2-14H2,1H3. The summed E-state index contributed by atoms with van der Waals surface area (Å²) in [5.74, 6) is 0. The Morgan fingerprint density at radius 3 is 1.89 bits per heavy atom. The number of aliphatic hydroxyl groups is 3. The second kappa shape index (κ2) is 14.3. The van der Waals surface area contributed by atoms with E-state index in [1.54, 1.807) is 0 Å². The first-order chi connectivity index (χ1) is 9.24. The number of aliphatic hydroxyl groups excluding tert-OH is 3. The first kappa shape index (κ1) is 18.8. The lowest BCUT2D eigenvalue weighted by Crippen LogP contribution is -2.36. The van der Waals surface area contributed by atoms with E-state index in [1.807, 2.05) is 4.90 Å². The minimum absolute atomic E-state index is 0.0736. The van der Waals surface area contributed by atoms with Gasteiger partial charge in [-0.05, 0) is 6.42 Å². The summed E-state index contributed by atoms with van der Waals surface area (Å²) in [7, 11) is 0. The molecular formula is C15H33NO3. The van der Waals surface area contributed by atoms with Gasteiger partial charge in [-0.25, -0.2) is 0 Å². The summed E-state index contributed by atoms with van der Waals surface area (Å²) in [6, 6.07) is 0. The lowest BCUT2D eigenvalue weighted by molar-refractivity contribution is 0.0809. The van der Waals surface area contributed by atoms with Gasteiger partial charge in [-0.2, -0.15) is 0 Å². The van der Waals surface area contributed by atoms with Crippen molar-refractivity contribution in [1.29, 1.82) is 0 Å². The van der Waals surface area contributed by atoms with E-state index >= 15 is 0 Å². The van der Waals surface area contributed by atoms with E-state index < -0.39 is 0 Å². The monoisotopic (exact) mass is 275 g/mol. The molecule has 0 saturated heterocycles. The van der Waals surface area contributed by atoms with Gasteiger partial charge in [0.05, 0.1) is 19.3 Å². The minimum Gasteiger partial charge on any atom is -0.395 e. The third-order valence-electron chi connectivity index (χ3n) is 3.44. The van der Waals surface area contributed by atoms with Gasteiger partial charge in [0, 0.05) is 19.6 Å². The Bertz CT molecular complexity index is 173. The van der Waals surface area contributed by atoms with Crippen molar-refractivity contribution < 1.29 is 15.3 Å². The van der Waals surface area contributed by atoms with Crippen LogP contribution in [-0.2, 0) is 0 Å². The van der Waals surface area contributed by atoms with Gasteiger partial charge < -0.3 is 15.3 Å². The largest absolute Gasteiger partial charge is 0.395 e. The van der Waals surface area contributed by atoms with Crippen molar-refractivity contribution in [3.05, 3.63) is 0 Å². The van der Waals surface area contributed by atoms with Crippen molar-refractivity contribution in [3.63, 3.8) is 0 Å². The highest BCUT2D eigenvalue weighted by atomic mass is 16.3. The van der Waals surface area contributed by atoms with E-state index in [1.165, 1.54) is 38.5 Å². The summed E-state index contributed by atoms with van der Waals surface area (Å²) in [6.07, 6.45) is 9.27. The summed E-state index contributed by atoms with van der Waals surface area (Å²) in [5.41, 5.74) is 0. The highest BCUT2D eigenvalue weighted by Gasteiger charge is 2.10. The predicted octanol–water partition coefficient (Wildman–Crippen LogP) is 1.77. The molecule has 0 bridgehead atoms. The van der Waals surface area contributed by atoms with Gasteiger partial charge in [-0.1, -0.05) is 51.9 Å². The summed E-state index contributed by atoms with van der Waals surface area (Å²) in [5, 5.41) is 27.7. The molecule has 19 heavy (non-hydrogen) atoms. The Balaban J connectivity index is 3.48. The maximum absolute atomic E-state index is 9.91. The maximum atomic E-state index is 9.91. The summed E-state index contributed by atoms with van der Waals surface area (Å²) in [6.45, 7) is 3.97. The number of rotatable bonds is 14. The Morgan fingerprint density at radius 1 is 0.842 bits per heavy atom. The van der Waals surface area contributed by atoms with Crippen molar-refractivity contribution >= 4 is 0 Å². The minimum atomic E-state index is -0.339. The van der Waals surface area contributed by atoms with Gasteiger partial charge in [0.1, 0.15) is 0 Å². The molecule has 0 aromatic heterocycles. The molecule has 0 aromatic rings. The van der Waals surface area contributed by atoms with E-state index in [-0.39, 0.29) is 19.3 Å². The normalized spacial score (nSPS) is 13.1. The fraction of sp³-hybridized carbons (Fsp3) is 1.00. The van der Waals surface area contributed by atoms with Gasteiger partial charge in [-0.3, -0.25) is 4.90 Å². The van der Waals surface area contributed by atoms with Crippen LogP contribution >= 0.6 is 0 Å². The topological polar surface area (TPSA) is 63.9 Å². The summed E-state index contributed by atoms with van der Waals surface area (Å²) >= 11 is 0. The van der Waals surface area contributed by atoms with E-state index in [9.17, 15) is 5.11 Å². The van der Waals surface area contributed by atoms with Crippen LogP contribution in [0.1, 0.15) is 58.3 Å². The van der Waals surface area contributed by atoms with Crippen molar-refractivity contribution in [3.8, 4) is 0 Å². The molecule has 0 aliphatic carbocycles. The molecular weight excluding hydrogens is 242 g/mol. The number of hydrogen-bond donors (Lipinski definition) is 3. The first-order valence-electron chi connectivity index (χ1n) is 7.86. The molecule has 0 saturated carbocycles. The van der Waals surface area contributed by atoms with Gasteiger partial charge in [-0.15, -0.1) is 0 Å². The van der Waals surface area contributed by atoms with Crippen LogP contribution in [0.2, 0.25) is 0 Å². The molecule has 0 aromatic carbocycles. The molecule has 1 unspecified atom stereocenters. The second-order valence-corrected chi connectivity index (χ2v) is 5.31. The molecule has 0 fully saturated rings. The van der Waals surface area contributed by atoms with Gasteiger partial charge in [0.2, 0.25) is 0 Å². The van der Waals surface area contributed by atoms with Crippen molar-refractivity contribution in [2.45, 2.75) is 64.4 Å². The van der Waals surface area contributed by atoms with Crippen LogP contribution in [0.25, 0.3) is 0 Å². The van der Waals surface area contributed by atoms with Crippen molar-refractivity contribution in [1.82, 2.24) is 4.90 Å². The SMILES string of the molecule is CCCCCCCCCC(O)CN(CCO)CCO. The molecule has 0 radical (unpaired) electrons. The quantitative estimate of drug-likeness (QED) is 0.423. The first-order valence-corrected chi connectivity index (χ1v) is 7.86. The molecule has 4 nitrogen and oxygen atoms in total. The number of hydrogen-bond acceptors (Lipinski definition) is 4. The zero-order valence-electron chi connectivity index (χ0n) is 12.6. The molecule has 0 aliphatic heterocycles. The highest BCUT2D eigenvalue weighted by Crippen LogP contribution is 2.10. The van der Waals surface area contributed by atoms with Crippen LogP contribution in [0.15, 0.2) is 0 Å². The van der Waals surface area contributed by atoms with Crippen LogP contribution in [0, 0.1) is 0 Å². The van der Waals surface area contributed by atoms with Crippen molar-refractivity contribution in [2.24, 2.45) is 0 Å². The van der Waals surface area contributed by atoms with Crippen LogP contribution in [0.4, 0.5) is 0 Å². The maximum Gasteiger partial charge on any atom is 0.0667 e. The smallest absolute Gasteiger partial charge is 0.0667 e. The lowest BCUT2D eigenvalue weighted by atomic mass is 10.1. The Hall–Kier alpha value is -0.160. The molecule has 3 N–H and O–H groups in total.